The van der Waals surface area contributed by atoms with Crippen LogP contribution in [0.4, 0.5) is 0 Å². The molecule has 8 nitrogen and oxygen atoms in total. The zero-order valence-corrected chi connectivity index (χ0v) is 15.6. The Balaban J connectivity index is 1.46. The normalized spacial score (nSPS) is 21.1. The fourth-order valence-corrected chi connectivity index (χ4v) is 3.40. The molecule has 0 saturated carbocycles. The number of imidazole rings is 1. The summed E-state index contributed by atoms with van der Waals surface area (Å²) in [7, 11) is 0. The number of carbonyl (C=O) groups excluding carboxylic acids is 1. The van der Waals surface area contributed by atoms with Crippen LogP contribution in [0.15, 0.2) is 16.9 Å². The van der Waals surface area contributed by atoms with Gasteiger partial charge < -0.3 is 19.5 Å². The molecule has 1 fully saturated rings. The van der Waals surface area contributed by atoms with E-state index in [1.807, 2.05) is 31.5 Å². The maximum absolute atomic E-state index is 12.2. The van der Waals surface area contributed by atoms with Crippen molar-refractivity contribution >= 4 is 5.91 Å². The molecule has 0 bridgehead atoms. The Bertz CT molecular complexity index is 734. The van der Waals surface area contributed by atoms with Crippen molar-refractivity contribution in [2.75, 3.05) is 13.1 Å². The number of aliphatic hydroxyl groups excluding tert-OH is 1. The maximum Gasteiger partial charge on any atom is 0.222 e. The van der Waals surface area contributed by atoms with E-state index in [4.69, 9.17) is 4.52 Å². The number of rotatable bonds is 6. The molecule has 142 valence electrons. The van der Waals surface area contributed by atoms with Crippen LogP contribution in [0.1, 0.15) is 35.7 Å². The summed E-state index contributed by atoms with van der Waals surface area (Å²) in [5, 5.41) is 17.4. The summed E-state index contributed by atoms with van der Waals surface area (Å²) >= 11 is 0. The van der Waals surface area contributed by atoms with Gasteiger partial charge in [0.2, 0.25) is 5.91 Å². The number of hydrogen-bond donors (Lipinski definition) is 2. The molecule has 1 aliphatic rings. The lowest BCUT2D eigenvalue weighted by atomic mass is 10.0. The largest absolute Gasteiger partial charge is 0.390 e. The Hall–Kier alpha value is -2.19. The van der Waals surface area contributed by atoms with E-state index >= 15 is 0 Å². The predicted molar refractivity (Wildman–Crippen MR) is 95.4 cm³/mol. The molecule has 2 N–H and O–H groups in total. The highest BCUT2D eigenvalue weighted by Crippen LogP contribution is 2.19. The molecular weight excluding hydrogens is 334 g/mol. The number of aromatic nitrogens is 3. The number of β-amino-alcohol motifs (C(OH)–C–C–N with tert-alkyl or cyclic N) is 1. The summed E-state index contributed by atoms with van der Waals surface area (Å²) in [6.45, 7) is 8.38. The first-order valence-electron chi connectivity index (χ1n) is 9.03. The minimum absolute atomic E-state index is 0.0404. The van der Waals surface area contributed by atoms with Gasteiger partial charge >= 0.3 is 0 Å². The standard InChI is InChI=1S/C18H27N5O3/c1-12-15(13(2)26-21-12)10-22-7-4-16(17(24)11-22)20-18(25)5-8-23-9-6-19-14(23)3/h6,9,16-17,24H,4-5,7-8,10-11H2,1-3H3,(H,20,25)/t16-,17-/m1/s1. The fraction of sp³-hybridized carbons (Fsp3) is 0.611. The number of aryl methyl sites for hydroxylation is 4. The monoisotopic (exact) mass is 361 g/mol. The van der Waals surface area contributed by atoms with E-state index in [1.165, 1.54) is 0 Å². The Kier molecular flexibility index (Phi) is 5.73. The number of carbonyl (C=O) groups is 1. The highest BCUT2D eigenvalue weighted by Gasteiger charge is 2.29. The maximum atomic E-state index is 12.2. The molecule has 2 aromatic heterocycles. The molecule has 0 radical (unpaired) electrons. The predicted octanol–water partition coefficient (Wildman–Crippen LogP) is 0.938. The lowest BCUT2D eigenvalue weighted by Crippen LogP contribution is -2.53. The van der Waals surface area contributed by atoms with E-state index < -0.39 is 6.10 Å². The molecule has 1 amide bonds. The highest BCUT2D eigenvalue weighted by atomic mass is 16.5. The van der Waals surface area contributed by atoms with Crippen molar-refractivity contribution < 1.29 is 14.4 Å². The lowest BCUT2D eigenvalue weighted by Gasteiger charge is -2.36. The van der Waals surface area contributed by atoms with Crippen molar-refractivity contribution in [1.29, 1.82) is 0 Å². The average molecular weight is 361 g/mol. The molecule has 0 aliphatic carbocycles. The number of likely N-dealkylation sites (tertiary alicyclic amines) is 1. The van der Waals surface area contributed by atoms with Crippen LogP contribution in [0.3, 0.4) is 0 Å². The second-order valence-corrected chi connectivity index (χ2v) is 6.99. The molecular formula is C18H27N5O3. The van der Waals surface area contributed by atoms with Gasteiger partial charge in [-0.05, 0) is 27.2 Å². The van der Waals surface area contributed by atoms with Crippen LogP contribution in [0.5, 0.6) is 0 Å². The SMILES string of the molecule is Cc1noc(C)c1CN1CC[C@@H](NC(=O)CCn2ccnc2C)[C@H](O)C1. The Morgan fingerprint density at radius 3 is 2.85 bits per heavy atom. The number of piperidine rings is 1. The summed E-state index contributed by atoms with van der Waals surface area (Å²) in [6.07, 6.45) is 4.11. The van der Waals surface area contributed by atoms with Crippen LogP contribution in [-0.4, -0.2) is 55.9 Å². The third kappa shape index (κ3) is 4.31. The van der Waals surface area contributed by atoms with Gasteiger partial charge in [-0.1, -0.05) is 5.16 Å². The lowest BCUT2D eigenvalue weighted by molar-refractivity contribution is -0.123. The third-order valence-electron chi connectivity index (χ3n) is 5.08. The first-order valence-corrected chi connectivity index (χ1v) is 9.03. The van der Waals surface area contributed by atoms with Crippen LogP contribution in [-0.2, 0) is 17.9 Å². The molecule has 0 unspecified atom stereocenters. The van der Waals surface area contributed by atoms with E-state index in [2.05, 4.69) is 20.4 Å². The van der Waals surface area contributed by atoms with Gasteiger partial charge in [0.05, 0.1) is 17.8 Å². The van der Waals surface area contributed by atoms with Gasteiger partial charge in [0.1, 0.15) is 11.6 Å². The number of amides is 1. The number of nitrogens with zero attached hydrogens (tertiary/aromatic N) is 4. The van der Waals surface area contributed by atoms with Crippen molar-refractivity contribution in [2.45, 2.75) is 58.8 Å². The topological polar surface area (TPSA) is 96.4 Å². The average Bonchev–Trinajstić information content (AvgIpc) is 3.15. The van der Waals surface area contributed by atoms with E-state index in [0.29, 0.717) is 26.1 Å². The molecule has 3 heterocycles. The number of aliphatic hydroxyl groups is 1. The first kappa shape index (κ1) is 18.6. The van der Waals surface area contributed by atoms with Gasteiger partial charge in [-0.15, -0.1) is 0 Å². The van der Waals surface area contributed by atoms with Gasteiger partial charge in [0.15, 0.2) is 0 Å². The number of hydrogen-bond acceptors (Lipinski definition) is 6. The van der Waals surface area contributed by atoms with Crippen LogP contribution in [0, 0.1) is 20.8 Å². The summed E-state index contributed by atoms with van der Waals surface area (Å²) in [4.78, 5) is 18.5. The van der Waals surface area contributed by atoms with Crippen LogP contribution < -0.4 is 5.32 Å². The molecule has 3 rings (SSSR count). The van der Waals surface area contributed by atoms with Crippen molar-refractivity contribution in [2.24, 2.45) is 0 Å². The zero-order valence-electron chi connectivity index (χ0n) is 15.6. The molecule has 8 heteroatoms. The van der Waals surface area contributed by atoms with E-state index in [1.54, 1.807) is 6.20 Å². The molecule has 2 aromatic rings. The molecule has 1 saturated heterocycles. The van der Waals surface area contributed by atoms with Crippen LogP contribution in [0.2, 0.25) is 0 Å². The Labute approximate surface area is 153 Å². The Morgan fingerprint density at radius 1 is 1.42 bits per heavy atom. The Morgan fingerprint density at radius 2 is 2.23 bits per heavy atom. The summed E-state index contributed by atoms with van der Waals surface area (Å²) in [5.41, 5.74) is 1.97. The highest BCUT2D eigenvalue weighted by molar-refractivity contribution is 5.76. The van der Waals surface area contributed by atoms with Crippen LogP contribution >= 0.6 is 0 Å². The summed E-state index contributed by atoms with van der Waals surface area (Å²) < 4.78 is 7.15. The van der Waals surface area contributed by atoms with Crippen LogP contribution in [0.25, 0.3) is 0 Å². The molecule has 0 aromatic carbocycles. The second kappa shape index (κ2) is 8.01. The summed E-state index contributed by atoms with van der Waals surface area (Å²) in [5.74, 6) is 1.68. The van der Waals surface area contributed by atoms with Gasteiger partial charge in [0.25, 0.3) is 0 Å². The van der Waals surface area contributed by atoms with Gasteiger partial charge in [-0.25, -0.2) is 4.98 Å². The smallest absolute Gasteiger partial charge is 0.222 e. The zero-order chi connectivity index (χ0) is 18.7. The molecule has 26 heavy (non-hydrogen) atoms. The van der Waals surface area contributed by atoms with E-state index in [-0.39, 0.29) is 11.9 Å². The van der Waals surface area contributed by atoms with Crippen molar-refractivity contribution in [3.05, 3.63) is 35.2 Å². The first-order chi connectivity index (χ1) is 12.4. The van der Waals surface area contributed by atoms with E-state index in [9.17, 15) is 9.90 Å². The molecule has 0 spiro atoms. The minimum Gasteiger partial charge on any atom is -0.390 e. The quantitative estimate of drug-likeness (QED) is 0.795. The third-order valence-corrected chi connectivity index (χ3v) is 5.08. The molecule has 1 aliphatic heterocycles. The summed E-state index contributed by atoms with van der Waals surface area (Å²) in [6, 6.07) is -0.202. The van der Waals surface area contributed by atoms with Gasteiger partial charge in [-0.3, -0.25) is 9.69 Å². The van der Waals surface area contributed by atoms with E-state index in [0.717, 1.165) is 35.8 Å². The van der Waals surface area contributed by atoms with Crippen molar-refractivity contribution in [3.8, 4) is 0 Å². The van der Waals surface area contributed by atoms with Crippen molar-refractivity contribution in [3.63, 3.8) is 0 Å². The number of nitrogens with one attached hydrogen (secondary N) is 1. The van der Waals surface area contributed by atoms with Gasteiger partial charge in [-0.2, -0.15) is 0 Å². The molecule has 2 atom stereocenters. The second-order valence-electron chi connectivity index (χ2n) is 6.99. The minimum atomic E-state index is -0.580. The van der Waals surface area contributed by atoms with Gasteiger partial charge in [0, 0.05) is 50.6 Å². The van der Waals surface area contributed by atoms with Crippen molar-refractivity contribution in [1.82, 2.24) is 24.9 Å². The fourth-order valence-electron chi connectivity index (χ4n) is 3.40.